The predicted molar refractivity (Wildman–Crippen MR) is 195 cm³/mol. The number of benzene rings is 4. The van der Waals surface area contributed by atoms with E-state index in [2.05, 4.69) is 151 Å². The van der Waals surface area contributed by atoms with E-state index >= 15 is 0 Å². The van der Waals surface area contributed by atoms with E-state index in [0.29, 0.717) is 0 Å². The molecular formula is C41H33N5PtSi. The van der Waals surface area contributed by atoms with Crippen LogP contribution in [0.2, 0.25) is 0 Å². The average Bonchev–Trinajstić information content (AvgIpc) is 3.83. The van der Waals surface area contributed by atoms with Gasteiger partial charge in [0.25, 0.3) is 0 Å². The maximum Gasteiger partial charge on any atom is 2.00 e. The van der Waals surface area contributed by atoms with E-state index in [1.54, 1.807) is 0 Å². The molecule has 5 heterocycles. The van der Waals surface area contributed by atoms with E-state index in [0.717, 1.165) is 38.7 Å². The van der Waals surface area contributed by atoms with Crippen LogP contribution < -0.4 is 31.1 Å². The van der Waals surface area contributed by atoms with Crippen molar-refractivity contribution < 1.29 is 21.1 Å². The summed E-state index contributed by atoms with van der Waals surface area (Å²) in [4.78, 5) is 14.7. The fraction of sp³-hybridized carbons (Fsp3) is 0.0976. The number of fused-ring (bicyclic) bond motifs is 6. The van der Waals surface area contributed by atoms with Gasteiger partial charge in [-0.2, -0.15) is 0 Å². The van der Waals surface area contributed by atoms with Crippen molar-refractivity contribution in [1.82, 2.24) is 25.1 Å². The van der Waals surface area contributed by atoms with E-state index in [1.165, 1.54) is 32.3 Å². The molecule has 1 aliphatic heterocycles. The molecule has 0 bridgehead atoms. The van der Waals surface area contributed by atoms with Gasteiger partial charge in [0.1, 0.15) is 0 Å². The molecule has 48 heavy (non-hydrogen) atoms. The fourth-order valence-electron chi connectivity index (χ4n) is 6.80. The molecule has 0 atom stereocenters. The van der Waals surface area contributed by atoms with Crippen LogP contribution >= 0.6 is 0 Å². The smallest absolute Gasteiger partial charge is 0.657 e. The molecule has 0 unspecified atom stereocenters. The van der Waals surface area contributed by atoms with Gasteiger partial charge in [-0.15, -0.1) is 11.0 Å². The molecule has 7 heteroatoms. The van der Waals surface area contributed by atoms with Crippen LogP contribution in [0.15, 0.2) is 146 Å². The van der Waals surface area contributed by atoms with Crippen molar-refractivity contribution in [3.8, 4) is 22.5 Å². The number of nitrogens with zero attached hydrogens (tertiary/aromatic N) is 5. The molecule has 0 amide bonds. The zero-order valence-electron chi connectivity index (χ0n) is 26.9. The number of hydrogen-bond acceptors (Lipinski definition) is 3. The maximum atomic E-state index is 5.29. The minimum absolute atomic E-state index is 0. The van der Waals surface area contributed by atoms with Gasteiger partial charge < -0.3 is 15.2 Å². The third-order valence-electron chi connectivity index (χ3n) is 9.04. The molecule has 8 aromatic rings. The second kappa shape index (κ2) is 12.6. The second-order valence-corrected chi connectivity index (χ2v) is 16.6. The third kappa shape index (κ3) is 5.26. The number of rotatable bonds is 3. The monoisotopic (exact) mass is 818 g/mol. The Labute approximate surface area is 295 Å². The van der Waals surface area contributed by atoms with Gasteiger partial charge in [-0.05, 0) is 56.5 Å². The molecule has 0 spiro atoms. The van der Waals surface area contributed by atoms with Crippen molar-refractivity contribution in [1.29, 1.82) is 0 Å². The van der Waals surface area contributed by atoms with Crippen LogP contribution in [0.4, 0.5) is 0 Å². The molecule has 0 saturated carbocycles. The number of pyridine rings is 2. The molecule has 0 aliphatic carbocycles. The van der Waals surface area contributed by atoms with E-state index in [1.807, 2.05) is 30.5 Å². The SMILES string of the molecule is CC(C)(C)c1cc(-c2cccc([Si]3(c4ccccn4)c4ccccc4-c4ccccc43)n2)[n-]n1.[Pt+2].c1ccc2c(c1)[n-]c1ccccc12. The van der Waals surface area contributed by atoms with Crippen molar-refractivity contribution >= 4 is 50.9 Å². The Bertz CT molecular complexity index is 2280. The number of aromatic nitrogens is 5. The zero-order valence-corrected chi connectivity index (χ0v) is 30.2. The summed E-state index contributed by atoms with van der Waals surface area (Å²) < 4.78 is 0. The molecule has 0 fully saturated rings. The van der Waals surface area contributed by atoms with Gasteiger partial charge >= 0.3 is 21.1 Å². The number of para-hydroxylation sites is 2. The van der Waals surface area contributed by atoms with E-state index in [-0.39, 0.29) is 26.5 Å². The summed E-state index contributed by atoms with van der Waals surface area (Å²) in [6, 6.07) is 48.6. The Hall–Kier alpha value is -4.90. The topological polar surface area (TPSA) is 66.9 Å². The Morgan fingerprint density at radius 3 is 1.73 bits per heavy atom. The van der Waals surface area contributed by atoms with Gasteiger partial charge in [-0.1, -0.05) is 142 Å². The summed E-state index contributed by atoms with van der Waals surface area (Å²) in [5.74, 6) is 0. The van der Waals surface area contributed by atoms with Gasteiger partial charge in [-0.25, -0.2) is 0 Å². The molecule has 0 N–H and O–H groups in total. The fourth-order valence-corrected chi connectivity index (χ4v) is 11.6. The van der Waals surface area contributed by atoms with Crippen LogP contribution in [0.3, 0.4) is 0 Å². The van der Waals surface area contributed by atoms with Gasteiger partial charge in [0.15, 0.2) is 0 Å². The van der Waals surface area contributed by atoms with Gasteiger partial charge in [-0.3, -0.25) is 9.97 Å². The van der Waals surface area contributed by atoms with Crippen molar-refractivity contribution in [2.24, 2.45) is 0 Å². The van der Waals surface area contributed by atoms with Crippen LogP contribution in [-0.2, 0) is 26.5 Å². The first-order valence-electron chi connectivity index (χ1n) is 15.9. The Morgan fingerprint density at radius 1 is 0.583 bits per heavy atom. The van der Waals surface area contributed by atoms with Crippen molar-refractivity contribution in [3.05, 3.63) is 151 Å². The molecule has 9 rings (SSSR count). The first kappa shape index (κ1) is 31.7. The van der Waals surface area contributed by atoms with Crippen molar-refractivity contribution in [2.75, 3.05) is 0 Å². The van der Waals surface area contributed by atoms with Crippen molar-refractivity contribution in [2.45, 2.75) is 26.2 Å². The standard InChI is InChI=1S/C29H25N4Si.C12H8N.Pt/c1-29(2,3)26-19-23(32-33-26)22-13-10-17-28(31-22)34(27-16-8-9-18-30-27)24-14-6-4-11-20(24)21-12-5-7-15-25(21)34;1-3-7-11-9(5-1)10-6-2-4-8-12(10)13-11;/h4-19H,1-3H3;1-8H;/q2*-1;+2. The largest absolute Gasteiger partial charge is 2.00 e. The summed E-state index contributed by atoms with van der Waals surface area (Å²) in [5.41, 5.74) is 7.32. The molecule has 236 valence electrons. The summed E-state index contributed by atoms with van der Waals surface area (Å²) in [6.45, 7) is 6.46. The zero-order chi connectivity index (χ0) is 32.0. The van der Waals surface area contributed by atoms with E-state index in [9.17, 15) is 0 Å². The van der Waals surface area contributed by atoms with Gasteiger partial charge in [0, 0.05) is 33.6 Å². The molecule has 0 saturated heterocycles. The molecule has 5 nitrogen and oxygen atoms in total. The van der Waals surface area contributed by atoms with E-state index in [4.69, 9.17) is 9.97 Å². The Kier molecular flexibility index (Phi) is 8.32. The normalized spacial score (nSPS) is 12.9. The van der Waals surface area contributed by atoms with Crippen LogP contribution in [-0.4, -0.2) is 23.1 Å². The molecule has 4 aromatic carbocycles. The van der Waals surface area contributed by atoms with Crippen LogP contribution in [0.5, 0.6) is 0 Å². The minimum atomic E-state index is -2.69. The Balaban J connectivity index is 0.000000217. The number of hydrogen-bond donors (Lipinski definition) is 0. The maximum absolute atomic E-state index is 5.29. The Morgan fingerprint density at radius 2 is 1.15 bits per heavy atom. The summed E-state index contributed by atoms with van der Waals surface area (Å²) in [6.07, 6.45) is 1.90. The first-order chi connectivity index (χ1) is 22.9. The minimum Gasteiger partial charge on any atom is -0.657 e. The predicted octanol–water partition coefficient (Wildman–Crippen LogP) is 6.10. The third-order valence-corrected chi connectivity index (χ3v) is 13.6. The summed E-state index contributed by atoms with van der Waals surface area (Å²) in [5, 5.41) is 16.3. The molecule has 1 aliphatic rings. The average molecular weight is 819 g/mol. The first-order valence-corrected chi connectivity index (χ1v) is 17.9. The van der Waals surface area contributed by atoms with Crippen LogP contribution in [0, 0.1) is 0 Å². The van der Waals surface area contributed by atoms with Crippen LogP contribution in [0.1, 0.15) is 26.5 Å². The van der Waals surface area contributed by atoms with E-state index < -0.39 is 8.07 Å². The van der Waals surface area contributed by atoms with Crippen LogP contribution in [0.25, 0.3) is 44.3 Å². The molecular weight excluding hydrogens is 786 g/mol. The molecule has 0 radical (unpaired) electrons. The van der Waals surface area contributed by atoms with Gasteiger partial charge in [0.2, 0.25) is 8.07 Å². The molecule has 4 aromatic heterocycles. The quantitative estimate of drug-likeness (QED) is 0.202. The van der Waals surface area contributed by atoms with Gasteiger partial charge in [0.05, 0.1) is 0 Å². The second-order valence-electron chi connectivity index (χ2n) is 13.0. The summed E-state index contributed by atoms with van der Waals surface area (Å²) >= 11 is 0. The van der Waals surface area contributed by atoms with Crippen molar-refractivity contribution in [3.63, 3.8) is 0 Å². The summed E-state index contributed by atoms with van der Waals surface area (Å²) in [7, 11) is -2.69.